The van der Waals surface area contributed by atoms with Gasteiger partial charge < -0.3 is 24.1 Å². The molecule has 1 saturated carbocycles. The van der Waals surface area contributed by atoms with Gasteiger partial charge >= 0.3 is 23.9 Å². The maximum Gasteiger partial charge on any atom is 0.303 e. The predicted octanol–water partition coefficient (Wildman–Crippen LogP) is 1.29. The van der Waals surface area contributed by atoms with E-state index in [1.165, 1.54) is 11.6 Å². The maximum absolute atomic E-state index is 12.0. The van der Waals surface area contributed by atoms with Crippen molar-refractivity contribution in [1.29, 1.82) is 0 Å². The van der Waals surface area contributed by atoms with E-state index in [1.54, 1.807) is 6.20 Å². The van der Waals surface area contributed by atoms with Gasteiger partial charge in [0.2, 0.25) is 0 Å². The van der Waals surface area contributed by atoms with Gasteiger partial charge in [0.1, 0.15) is 17.9 Å². The monoisotopic (exact) mass is 503 g/mol. The Bertz CT molecular complexity index is 1130. The molecule has 1 aromatic carbocycles. The van der Waals surface area contributed by atoms with Crippen molar-refractivity contribution in [1.82, 2.24) is 15.0 Å². The average Bonchev–Trinajstić information content (AvgIpc) is 3.26. The molecule has 0 unspecified atom stereocenters. The van der Waals surface area contributed by atoms with Crippen LogP contribution in [0.15, 0.2) is 30.5 Å². The van der Waals surface area contributed by atoms with Gasteiger partial charge in [-0.2, -0.15) is 0 Å². The maximum atomic E-state index is 12.0. The summed E-state index contributed by atoms with van der Waals surface area (Å²) in [6, 6.07) is 6.62. The molecule has 12 nitrogen and oxygen atoms in total. The van der Waals surface area contributed by atoms with Crippen LogP contribution in [0.5, 0.6) is 0 Å². The first-order valence-electron chi connectivity index (χ1n) is 11.3. The largest absolute Gasteiger partial charge is 0.463 e. The molecule has 0 aliphatic heterocycles. The number of rotatable bonds is 7. The number of hydrogen-bond acceptors (Lipinski definition) is 11. The minimum Gasteiger partial charge on any atom is -0.463 e. The van der Waals surface area contributed by atoms with Crippen LogP contribution in [0.1, 0.15) is 45.7 Å². The van der Waals surface area contributed by atoms with E-state index in [0.29, 0.717) is 5.69 Å². The molecule has 1 N–H and O–H groups in total. The van der Waals surface area contributed by atoms with Crippen molar-refractivity contribution in [3.63, 3.8) is 0 Å². The zero-order valence-corrected chi connectivity index (χ0v) is 20.7. The van der Waals surface area contributed by atoms with Gasteiger partial charge in [-0.1, -0.05) is 35.0 Å². The van der Waals surface area contributed by atoms with E-state index in [0.717, 1.165) is 31.9 Å². The van der Waals surface area contributed by atoms with Crippen LogP contribution in [0.4, 0.5) is 0 Å². The standard InChI is InChI=1S/C24H29N3O9/c1-13-6-8-18(9-7-13)19-11-27(26-25-19)20-10-24(32,12-33-14(2)28)23(36-17(5)31)22(35-16(4)30)21(20)34-15(3)29/h6-9,11,20-23,32H,10,12H2,1-5H3/t20-,21-,22+,23-,24-/m0/s1. The van der Waals surface area contributed by atoms with Gasteiger partial charge in [-0.15, -0.1) is 5.10 Å². The third kappa shape index (κ3) is 6.25. The Balaban J connectivity index is 2.10. The zero-order valence-electron chi connectivity index (χ0n) is 20.7. The van der Waals surface area contributed by atoms with Gasteiger partial charge in [0.15, 0.2) is 18.3 Å². The Morgan fingerprint density at radius 3 is 2.08 bits per heavy atom. The van der Waals surface area contributed by atoms with Crippen LogP contribution in [0.2, 0.25) is 0 Å². The van der Waals surface area contributed by atoms with Crippen LogP contribution >= 0.6 is 0 Å². The highest BCUT2D eigenvalue weighted by molar-refractivity contribution is 5.69. The summed E-state index contributed by atoms with van der Waals surface area (Å²) >= 11 is 0. The highest BCUT2D eigenvalue weighted by atomic mass is 16.6. The van der Waals surface area contributed by atoms with E-state index in [4.69, 9.17) is 18.9 Å². The molecule has 12 heteroatoms. The fourth-order valence-corrected chi connectivity index (χ4v) is 4.21. The summed E-state index contributed by atoms with van der Waals surface area (Å²) in [5.74, 6) is -2.95. The summed E-state index contributed by atoms with van der Waals surface area (Å²) < 4.78 is 22.7. The lowest BCUT2D eigenvalue weighted by atomic mass is 9.75. The number of carbonyl (C=O) groups excluding carboxylic acids is 4. The number of aliphatic hydroxyl groups is 1. The number of benzene rings is 1. The Labute approximate surface area is 207 Å². The normalized spacial score (nSPS) is 25.5. The van der Waals surface area contributed by atoms with Crippen LogP contribution in [0.3, 0.4) is 0 Å². The molecule has 1 fully saturated rings. The third-order valence-corrected chi connectivity index (χ3v) is 5.71. The average molecular weight is 504 g/mol. The van der Waals surface area contributed by atoms with Crippen LogP contribution in [0.25, 0.3) is 11.3 Å². The number of hydrogen-bond donors (Lipinski definition) is 1. The molecule has 3 rings (SSSR count). The lowest BCUT2D eigenvalue weighted by molar-refractivity contribution is -0.242. The molecule has 0 amide bonds. The lowest BCUT2D eigenvalue weighted by Crippen LogP contribution is -2.66. The molecular formula is C24H29N3O9. The predicted molar refractivity (Wildman–Crippen MR) is 122 cm³/mol. The van der Waals surface area contributed by atoms with Gasteiger partial charge in [0.25, 0.3) is 0 Å². The van der Waals surface area contributed by atoms with Gasteiger partial charge in [0, 0.05) is 39.7 Å². The topological polar surface area (TPSA) is 156 Å². The molecule has 0 saturated heterocycles. The van der Waals surface area contributed by atoms with Crippen molar-refractivity contribution in [2.75, 3.05) is 6.61 Å². The Kier molecular flexibility index (Phi) is 8.08. The van der Waals surface area contributed by atoms with Crippen LogP contribution < -0.4 is 0 Å². The van der Waals surface area contributed by atoms with Gasteiger partial charge in [-0.05, 0) is 6.92 Å². The van der Waals surface area contributed by atoms with Gasteiger partial charge in [-0.3, -0.25) is 19.2 Å². The first-order valence-corrected chi connectivity index (χ1v) is 11.3. The van der Waals surface area contributed by atoms with Crippen LogP contribution in [-0.2, 0) is 38.1 Å². The van der Waals surface area contributed by atoms with Crippen LogP contribution in [-0.4, -0.2) is 74.5 Å². The molecule has 36 heavy (non-hydrogen) atoms. The fraction of sp³-hybridized carbons (Fsp3) is 0.500. The number of aryl methyl sites for hydroxylation is 1. The third-order valence-electron chi connectivity index (χ3n) is 5.71. The molecule has 2 aromatic rings. The van der Waals surface area contributed by atoms with E-state index < -0.39 is 60.4 Å². The van der Waals surface area contributed by atoms with E-state index in [2.05, 4.69) is 10.3 Å². The Hall–Kier alpha value is -3.80. The molecule has 5 atom stereocenters. The van der Waals surface area contributed by atoms with Crippen molar-refractivity contribution in [3.05, 3.63) is 36.0 Å². The molecule has 1 aromatic heterocycles. The summed E-state index contributed by atoms with van der Waals surface area (Å²) in [4.78, 5) is 47.5. The van der Waals surface area contributed by atoms with Gasteiger partial charge in [-0.25, -0.2) is 4.68 Å². The molecule has 194 valence electrons. The van der Waals surface area contributed by atoms with Crippen molar-refractivity contribution in [2.24, 2.45) is 0 Å². The summed E-state index contributed by atoms with van der Waals surface area (Å²) in [6.07, 6.45) is -2.83. The minimum absolute atomic E-state index is 0.245. The second kappa shape index (κ2) is 10.9. The summed E-state index contributed by atoms with van der Waals surface area (Å²) in [5.41, 5.74) is 0.321. The molecular weight excluding hydrogens is 474 g/mol. The summed E-state index contributed by atoms with van der Waals surface area (Å²) in [7, 11) is 0. The summed E-state index contributed by atoms with van der Waals surface area (Å²) in [6.45, 7) is 5.92. The first-order chi connectivity index (χ1) is 16.9. The highest BCUT2D eigenvalue weighted by Gasteiger charge is 2.59. The van der Waals surface area contributed by atoms with E-state index in [1.807, 2.05) is 31.2 Å². The van der Waals surface area contributed by atoms with Crippen LogP contribution in [0, 0.1) is 6.92 Å². The van der Waals surface area contributed by atoms with Crippen molar-refractivity contribution < 1.29 is 43.2 Å². The fourth-order valence-electron chi connectivity index (χ4n) is 4.21. The van der Waals surface area contributed by atoms with Crippen molar-refractivity contribution in [3.8, 4) is 11.3 Å². The van der Waals surface area contributed by atoms with Crippen molar-refractivity contribution in [2.45, 2.75) is 71.0 Å². The lowest BCUT2D eigenvalue weighted by Gasteiger charge is -2.48. The molecule has 1 aliphatic rings. The number of aromatic nitrogens is 3. The molecule has 0 spiro atoms. The molecule has 1 heterocycles. The quantitative estimate of drug-likeness (QED) is 0.429. The summed E-state index contributed by atoms with van der Waals surface area (Å²) in [5, 5.41) is 20.0. The smallest absolute Gasteiger partial charge is 0.303 e. The van der Waals surface area contributed by atoms with Gasteiger partial charge in [0.05, 0.1) is 12.2 Å². The molecule has 0 radical (unpaired) electrons. The first kappa shape index (κ1) is 26.8. The zero-order chi connectivity index (χ0) is 26.6. The Morgan fingerprint density at radius 1 is 0.944 bits per heavy atom. The number of ether oxygens (including phenoxy) is 4. The SMILES string of the molecule is CC(=O)OC[C@@]1(O)C[C@H](n2cc(-c3ccc(C)cc3)nn2)[C@H](OC(C)=O)[C@@H](OC(C)=O)[C@@H]1OC(C)=O. The number of carbonyl (C=O) groups is 4. The van der Waals surface area contributed by atoms with Crippen molar-refractivity contribution >= 4 is 23.9 Å². The molecule has 1 aliphatic carbocycles. The van der Waals surface area contributed by atoms with E-state index in [9.17, 15) is 24.3 Å². The Morgan fingerprint density at radius 2 is 1.53 bits per heavy atom. The second-order valence-corrected chi connectivity index (χ2v) is 8.78. The van der Waals surface area contributed by atoms with E-state index >= 15 is 0 Å². The number of esters is 4. The van der Waals surface area contributed by atoms with E-state index in [-0.39, 0.29) is 6.42 Å². The number of nitrogens with zero attached hydrogens (tertiary/aromatic N) is 3. The molecule has 0 bridgehead atoms. The minimum atomic E-state index is -2.02. The highest BCUT2D eigenvalue weighted by Crippen LogP contribution is 2.41. The second-order valence-electron chi connectivity index (χ2n) is 8.78.